The predicted octanol–water partition coefficient (Wildman–Crippen LogP) is 5.65. The van der Waals surface area contributed by atoms with E-state index < -0.39 is 0 Å². The first-order chi connectivity index (χ1) is 13.7. The van der Waals surface area contributed by atoms with Gasteiger partial charge < -0.3 is 10.2 Å². The second-order valence-electron chi connectivity index (χ2n) is 8.47. The molecule has 1 amide bonds. The van der Waals surface area contributed by atoms with Crippen LogP contribution < -0.4 is 10.2 Å². The number of rotatable bonds is 4. The van der Waals surface area contributed by atoms with Gasteiger partial charge >= 0.3 is 0 Å². The van der Waals surface area contributed by atoms with E-state index in [2.05, 4.69) is 50.0 Å². The molecule has 0 bridgehead atoms. The Balaban J connectivity index is 1.90. The molecule has 1 aliphatic rings. The zero-order valence-corrected chi connectivity index (χ0v) is 17.9. The molecule has 4 nitrogen and oxygen atoms in total. The molecule has 0 fully saturated rings. The summed E-state index contributed by atoms with van der Waals surface area (Å²) in [6.45, 7) is 11.9. The van der Waals surface area contributed by atoms with Crippen molar-refractivity contribution in [1.82, 2.24) is 0 Å². The van der Waals surface area contributed by atoms with Crippen LogP contribution in [0.3, 0.4) is 0 Å². The van der Waals surface area contributed by atoms with Gasteiger partial charge in [0.15, 0.2) is 0 Å². The average Bonchev–Trinajstić information content (AvgIpc) is 2.66. The molecule has 0 radical (unpaired) electrons. The molecule has 0 unspecified atom stereocenters. The lowest BCUT2D eigenvalue weighted by Gasteiger charge is -2.47. The first-order valence-electron chi connectivity index (χ1n) is 10.2. The molecule has 1 heterocycles. The summed E-state index contributed by atoms with van der Waals surface area (Å²) in [6, 6.07) is 15.8. The van der Waals surface area contributed by atoms with Crippen LogP contribution >= 0.6 is 0 Å². The number of anilines is 2. The van der Waals surface area contributed by atoms with Crippen molar-refractivity contribution >= 4 is 23.4 Å². The van der Waals surface area contributed by atoms with Crippen molar-refractivity contribution in [2.75, 3.05) is 16.8 Å². The van der Waals surface area contributed by atoms with Crippen LogP contribution in [0.2, 0.25) is 0 Å². The predicted molar refractivity (Wildman–Crippen MR) is 120 cm³/mol. The molecule has 2 aromatic rings. The van der Waals surface area contributed by atoms with Crippen LogP contribution in [-0.4, -0.2) is 18.0 Å². The number of benzene rings is 2. The number of carbonyl (C=O) groups excluding carboxylic acids is 1. The zero-order chi connectivity index (χ0) is 21.2. The molecule has 1 aliphatic heterocycles. The number of nitrogens with one attached hydrogen (secondary N) is 1. The summed E-state index contributed by atoms with van der Waals surface area (Å²) < 4.78 is 0. The van der Waals surface area contributed by atoms with E-state index in [0.717, 1.165) is 24.1 Å². The van der Waals surface area contributed by atoms with Gasteiger partial charge in [0.2, 0.25) is 0 Å². The Kier molecular flexibility index (Phi) is 5.79. The Labute approximate surface area is 173 Å². The lowest BCUT2D eigenvalue weighted by molar-refractivity contribution is -0.112. The van der Waals surface area contributed by atoms with Gasteiger partial charge in [-0.05, 0) is 87.1 Å². The third-order valence-electron chi connectivity index (χ3n) is 5.68. The van der Waals surface area contributed by atoms with Crippen LogP contribution in [0.5, 0.6) is 0 Å². The second-order valence-corrected chi connectivity index (χ2v) is 8.47. The normalized spacial score (nSPS) is 18.0. The molecular formula is C25H29N3O. The summed E-state index contributed by atoms with van der Waals surface area (Å²) in [5, 5.41) is 12.4. The van der Waals surface area contributed by atoms with Crippen LogP contribution in [0, 0.1) is 18.3 Å². The summed E-state index contributed by atoms with van der Waals surface area (Å²) in [4.78, 5) is 15.0. The highest BCUT2D eigenvalue weighted by Crippen LogP contribution is 2.43. The third-order valence-corrected chi connectivity index (χ3v) is 5.68. The molecule has 3 rings (SSSR count). The largest absolute Gasteiger partial charge is 0.366 e. The summed E-state index contributed by atoms with van der Waals surface area (Å²) in [5.41, 5.74) is 5.36. The number of fused-ring (bicyclic) bond motifs is 1. The lowest BCUT2D eigenvalue weighted by Crippen LogP contribution is -2.48. The van der Waals surface area contributed by atoms with E-state index in [1.807, 2.05) is 43.3 Å². The molecule has 0 spiro atoms. The van der Waals surface area contributed by atoms with Crippen LogP contribution in [0.4, 0.5) is 11.4 Å². The van der Waals surface area contributed by atoms with E-state index in [0.29, 0.717) is 11.6 Å². The topological polar surface area (TPSA) is 56.1 Å². The SMILES string of the molecule is CCN1c2ccc(/C=C(/C#N)C(=O)Nc3cccc(C)c3)cc2[C@@H](C)CC1(C)C. The molecule has 29 heavy (non-hydrogen) atoms. The fourth-order valence-electron chi connectivity index (χ4n) is 4.43. The first kappa shape index (κ1) is 20.7. The fraction of sp³-hybridized carbons (Fsp3) is 0.360. The number of nitriles is 1. The summed E-state index contributed by atoms with van der Waals surface area (Å²) >= 11 is 0. The van der Waals surface area contributed by atoms with Gasteiger partial charge in [0, 0.05) is 23.5 Å². The minimum Gasteiger partial charge on any atom is -0.366 e. The van der Waals surface area contributed by atoms with Crippen molar-refractivity contribution in [3.05, 3.63) is 64.7 Å². The van der Waals surface area contributed by atoms with E-state index in [-0.39, 0.29) is 17.0 Å². The van der Waals surface area contributed by atoms with Crippen molar-refractivity contribution in [3.63, 3.8) is 0 Å². The molecule has 0 aromatic heterocycles. The van der Waals surface area contributed by atoms with Crippen LogP contribution in [0.1, 0.15) is 56.7 Å². The van der Waals surface area contributed by atoms with E-state index in [1.165, 1.54) is 11.3 Å². The Morgan fingerprint density at radius 2 is 2.07 bits per heavy atom. The van der Waals surface area contributed by atoms with Gasteiger partial charge in [-0.2, -0.15) is 5.26 Å². The summed E-state index contributed by atoms with van der Waals surface area (Å²) in [5.74, 6) is 0.0305. The molecule has 2 aromatic carbocycles. The number of amides is 1. The fourth-order valence-corrected chi connectivity index (χ4v) is 4.43. The van der Waals surface area contributed by atoms with Crippen molar-refractivity contribution < 1.29 is 4.79 Å². The van der Waals surface area contributed by atoms with Gasteiger partial charge in [-0.25, -0.2) is 0 Å². The van der Waals surface area contributed by atoms with Gasteiger partial charge in [0.05, 0.1) is 0 Å². The van der Waals surface area contributed by atoms with Crippen LogP contribution in [-0.2, 0) is 4.79 Å². The Morgan fingerprint density at radius 1 is 1.31 bits per heavy atom. The Bertz CT molecular complexity index is 997. The van der Waals surface area contributed by atoms with E-state index >= 15 is 0 Å². The minimum absolute atomic E-state index is 0.0996. The zero-order valence-electron chi connectivity index (χ0n) is 17.9. The Morgan fingerprint density at radius 3 is 2.72 bits per heavy atom. The highest BCUT2D eigenvalue weighted by molar-refractivity contribution is 6.09. The number of nitrogens with zero attached hydrogens (tertiary/aromatic N) is 2. The minimum atomic E-state index is -0.389. The number of aryl methyl sites for hydroxylation is 1. The number of hydrogen-bond acceptors (Lipinski definition) is 3. The van der Waals surface area contributed by atoms with Gasteiger partial charge in [-0.1, -0.05) is 25.1 Å². The van der Waals surface area contributed by atoms with Gasteiger partial charge in [0.25, 0.3) is 5.91 Å². The second kappa shape index (κ2) is 8.13. The summed E-state index contributed by atoms with van der Waals surface area (Å²) in [7, 11) is 0. The van der Waals surface area contributed by atoms with E-state index in [1.54, 1.807) is 6.08 Å². The molecular weight excluding hydrogens is 358 g/mol. The molecule has 150 valence electrons. The third kappa shape index (κ3) is 4.35. The molecule has 0 aliphatic carbocycles. The van der Waals surface area contributed by atoms with Crippen molar-refractivity contribution in [3.8, 4) is 6.07 Å². The van der Waals surface area contributed by atoms with Gasteiger partial charge in [-0.3, -0.25) is 4.79 Å². The molecule has 4 heteroatoms. The number of hydrogen-bond donors (Lipinski definition) is 1. The molecule has 1 atom stereocenters. The number of carbonyl (C=O) groups is 1. The quantitative estimate of drug-likeness (QED) is 0.544. The van der Waals surface area contributed by atoms with Gasteiger partial charge in [-0.15, -0.1) is 0 Å². The highest BCUT2D eigenvalue weighted by Gasteiger charge is 2.35. The average molecular weight is 388 g/mol. The van der Waals surface area contributed by atoms with Crippen molar-refractivity contribution in [2.45, 2.75) is 52.5 Å². The lowest BCUT2D eigenvalue weighted by atomic mass is 9.79. The maximum absolute atomic E-state index is 12.6. The van der Waals surface area contributed by atoms with Crippen LogP contribution in [0.15, 0.2) is 48.0 Å². The van der Waals surface area contributed by atoms with Crippen molar-refractivity contribution in [1.29, 1.82) is 5.26 Å². The Hall–Kier alpha value is -3.06. The molecule has 1 N–H and O–H groups in total. The van der Waals surface area contributed by atoms with E-state index in [9.17, 15) is 10.1 Å². The van der Waals surface area contributed by atoms with E-state index in [4.69, 9.17) is 0 Å². The monoisotopic (exact) mass is 387 g/mol. The maximum atomic E-state index is 12.6. The van der Waals surface area contributed by atoms with Gasteiger partial charge in [0.1, 0.15) is 11.6 Å². The molecule has 0 saturated heterocycles. The van der Waals surface area contributed by atoms with Crippen molar-refractivity contribution in [2.24, 2.45) is 0 Å². The molecule has 0 saturated carbocycles. The van der Waals surface area contributed by atoms with Crippen LogP contribution in [0.25, 0.3) is 6.08 Å². The maximum Gasteiger partial charge on any atom is 0.266 e. The standard InChI is InChI=1S/C25H29N3O/c1-6-28-23-11-10-19(14-22(23)18(3)15-25(28,4)5)13-20(16-26)24(29)27-21-9-7-8-17(2)12-21/h7-14,18H,6,15H2,1-5H3,(H,27,29)/b20-13-/t18-/m0/s1. The highest BCUT2D eigenvalue weighted by atomic mass is 16.1. The summed E-state index contributed by atoms with van der Waals surface area (Å²) in [6.07, 6.45) is 2.74. The smallest absolute Gasteiger partial charge is 0.266 e. The first-order valence-corrected chi connectivity index (χ1v) is 10.2.